The zero-order valence-electron chi connectivity index (χ0n) is 14.2. The van der Waals surface area contributed by atoms with Crippen LogP contribution in [0.5, 0.6) is 11.5 Å². The van der Waals surface area contributed by atoms with Crippen LogP contribution in [0, 0.1) is 5.82 Å². The fraction of sp³-hybridized carbons (Fsp3) is 0.158. The fourth-order valence-corrected chi connectivity index (χ4v) is 2.32. The fourth-order valence-electron chi connectivity index (χ4n) is 2.32. The summed E-state index contributed by atoms with van der Waals surface area (Å²) in [6.45, 7) is -0.0577. The molecule has 3 rings (SSSR count). The number of aromatic nitrogens is 1. The molecule has 1 heterocycles. The van der Waals surface area contributed by atoms with Crippen LogP contribution in [-0.2, 0) is 11.3 Å². The van der Waals surface area contributed by atoms with Crippen molar-refractivity contribution < 1.29 is 27.9 Å². The Morgan fingerprint density at radius 1 is 1.04 bits per heavy atom. The van der Waals surface area contributed by atoms with Gasteiger partial charge >= 0.3 is 5.97 Å². The third kappa shape index (κ3) is 3.83. The molecular formula is C19H16FNO5. The summed E-state index contributed by atoms with van der Waals surface area (Å²) in [7, 11) is 3.00. The van der Waals surface area contributed by atoms with Crippen LogP contribution in [0.25, 0.3) is 11.3 Å². The van der Waals surface area contributed by atoms with Gasteiger partial charge in [0.1, 0.15) is 18.1 Å². The standard InChI is InChI=1S/C19H16FNO5/c1-23-16-8-5-13(9-18(16)24-2)19(22)25-11-15-10-17(26-21-15)12-3-6-14(20)7-4-12/h3-10H,11H2,1-2H3. The number of esters is 1. The molecule has 0 fully saturated rings. The lowest BCUT2D eigenvalue weighted by atomic mass is 10.1. The molecule has 0 saturated carbocycles. The molecule has 0 N–H and O–H groups in total. The van der Waals surface area contributed by atoms with Crippen molar-refractivity contribution in [1.29, 1.82) is 0 Å². The highest BCUT2D eigenvalue weighted by molar-refractivity contribution is 5.90. The van der Waals surface area contributed by atoms with Gasteiger partial charge in [0.25, 0.3) is 0 Å². The van der Waals surface area contributed by atoms with Gasteiger partial charge in [-0.15, -0.1) is 0 Å². The zero-order chi connectivity index (χ0) is 18.5. The molecule has 26 heavy (non-hydrogen) atoms. The number of carbonyl (C=O) groups excluding carboxylic acids is 1. The van der Waals surface area contributed by atoms with Crippen LogP contribution in [0.2, 0.25) is 0 Å². The van der Waals surface area contributed by atoms with Gasteiger partial charge in [-0.1, -0.05) is 5.16 Å². The predicted molar refractivity (Wildman–Crippen MR) is 90.6 cm³/mol. The van der Waals surface area contributed by atoms with Crippen molar-refractivity contribution in [2.75, 3.05) is 14.2 Å². The first kappa shape index (κ1) is 17.5. The van der Waals surface area contributed by atoms with Crippen molar-refractivity contribution in [1.82, 2.24) is 5.16 Å². The summed E-state index contributed by atoms with van der Waals surface area (Å²) in [5, 5.41) is 3.85. The number of carbonyl (C=O) groups is 1. The molecule has 0 atom stereocenters. The Labute approximate surface area is 149 Å². The largest absolute Gasteiger partial charge is 0.493 e. The van der Waals surface area contributed by atoms with E-state index < -0.39 is 5.97 Å². The lowest BCUT2D eigenvalue weighted by Crippen LogP contribution is -2.06. The van der Waals surface area contributed by atoms with Crippen molar-refractivity contribution in [3.05, 3.63) is 65.6 Å². The van der Waals surface area contributed by atoms with E-state index in [2.05, 4.69) is 5.16 Å². The van der Waals surface area contributed by atoms with Crippen LogP contribution in [-0.4, -0.2) is 25.3 Å². The number of halogens is 1. The Morgan fingerprint density at radius 3 is 2.46 bits per heavy atom. The van der Waals surface area contributed by atoms with E-state index >= 15 is 0 Å². The van der Waals surface area contributed by atoms with Crippen molar-refractivity contribution >= 4 is 5.97 Å². The molecule has 0 aliphatic heterocycles. The normalized spacial score (nSPS) is 10.4. The molecule has 6 nitrogen and oxygen atoms in total. The van der Waals surface area contributed by atoms with Crippen LogP contribution in [0.15, 0.2) is 53.1 Å². The Bertz CT molecular complexity index is 905. The molecule has 0 unspecified atom stereocenters. The molecule has 3 aromatic rings. The molecule has 134 valence electrons. The summed E-state index contributed by atoms with van der Waals surface area (Å²) < 4.78 is 33.7. The van der Waals surface area contributed by atoms with Gasteiger partial charge in [0, 0.05) is 11.6 Å². The minimum absolute atomic E-state index is 0.0577. The van der Waals surface area contributed by atoms with Crippen LogP contribution in [0.4, 0.5) is 4.39 Å². The molecule has 0 amide bonds. The number of hydrogen-bond acceptors (Lipinski definition) is 6. The summed E-state index contributed by atoms with van der Waals surface area (Å²) in [5.74, 6) is 0.545. The van der Waals surface area contributed by atoms with Crippen molar-refractivity contribution in [3.63, 3.8) is 0 Å². The number of methoxy groups -OCH3 is 2. The van der Waals surface area contributed by atoms with E-state index in [1.807, 2.05) is 0 Å². The highest BCUT2D eigenvalue weighted by atomic mass is 19.1. The monoisotopic (exact) mass is 357 g/mol. The van der Waals surface area contributed by atoms with Crippen molar-refractivity contribution in [2.45, 2.75) is 6.61 Å². The molecule has 0 radical (unpaired) electrons. The quantitative estimate of drug-likeness (QED) is 0.624. The highest BCUT2D eigenvalue weighted by Gasteiger charge is 2.14. The summed E-state index contributed by atoms with van der Waals surface area (Å²) in [6.07, 6.45) is 0. The second kappa shape index (κ2) is 7.69. The van der Waals surface area contributed by atoms with E-state index in [0.29, 0.717) is 34.1 Å². The van der Waals surface area contributed by atoms with Crippen LogP contribution in [0.1, 0.15) is 16.1 Å². The SMILES string of the molecule is COc1ccc(C(=O)OCc2cc(-c3ccc(F)cc3)on2)cc1OC. The van der Waals surface area contributed by atoms with Crippen LogP contribution < -0.4 is 9.47 Å². The molecule has 0 saturated heterocycles. The van der Waals surface area contributed by atoms with Crippen molar-refractivity contribution in [2.24, 2.45) is 0 Å². The second-order valence-electron chi connectivity index (χ2n) is 5.34. The summed E-state index contributed by atoms with van der Waals surface area (Å²) in [5.41, 5.74) is 1.44. The predicted octanol–water partition coefficient (Wildman–Crippen LogP) is 3.85. The smallest absolute Gasteiger partial charge is 0.338 e. The zero-order valence-corrected chi connectivity index (χ0v) is 14.2. The van der Waals surface area contributed by atoms with E-state index in [1.54, 1.807) is 30.3 Å². The molecule has 0 bridgehead atoms. The van der Waals surface area contributed by atoms with Gasteiger partial charge in [-0.25, -0.2) is 9.18 Å². The first-order chi connectivity index (χ1) is 12.6. The van der Waals surface area contributed by atoms with E-state index in [0.717, 1.165) is 0 Å². The Kier molecular flexibility index (Phi) is 5.17. The second-order valence-corrected chi connectivity index (χ2v) is 5.34. The van der Waals surface area contributed by atoms with Gasteiger partial charge in [0.15, 0.2) is 17.3 Å². The van der Waals surface area contributed by atoms with E-state index in [4.69, 9.17) is 18.7 Å². The third-order valence-corrected chi connectivity index (χ3v) is 3.66. The highest BCUT2D eigenvalue weighted by Crippen LogP contribution is 2.28. The minimum atomic E-state index is -0.530. The maximum Gasteiger partial charge on any atom is 0.338 e. The van der Waals surface area contributed by atoms with Gasteiger partial charge in [0.05, 0.1) is 19.8 Å². The molecule has 2 aromatic carbocycles. The molecule has 0 aliphatic rings. The first-order valence-corrected chi connectivity index (χ1v) is 7.71. The molecule has 7 heteroatoms. The molecule has 1 aromatic heterocycles. The Balaban J connectivity index is 1.66. The summed E-state index contributed by atoms with van der Waals surface area (Å²) >= 11 is 0. The molecule has 0 aliphatic carbocycles. The summed E-state index contributed by atoms with van der Waals surface area (Å²) in [6, 6.07) is 12.2. The van der Waals surface area contributed by atoms with E-state index in [9.17, 15) is 9.18 Å². The van der Waals surface area contributed by atoms with Gasteiger partial charge in [0.2, 0.25) is 0 Å². The molecule has 0 spiro atoms. The van der Waals surface area contributed by atoms with Gasteiger partial charge in [-0.2, -0.15) is 0 Å². The number of ether oxygens (including phenoxy) is 3. The number of rotatable bonds is 6. The molecular weight excluding hydrogens is 341 g/mol. The maximum atomic E-state index is 13.0. The van der Waals surface area contributed by atoms with Crippen molar-refractivity contribution in [3.8, 4) is 22.8 Å². The lowest BCUT2D eigenvalue weighted by Gasteiger charge is -2.09. The number of hydrogen-bond donors (Lipinski definition) is 0. The first-order valence-electron chi connectivity index (χ1n) is 7.71. The topological polar surface area (TPSA) is 70.8 Å². The Morgan fingerprint density at radius 2 is 1.77 bits per heavy atom. The third-order valence-electron chi connectivity index (χ3n) is 3.66. The Hall–Kier alpha value is -3.35. The number of benzene rings is 2. The van der Waals surface area contributed by atoms with Gasteiger partial charge < -0.3 is 18.7 Å². The van der Waals surface area contributed by atoms with Gasteiger partial charge in [-0.05, 0) is 42.5 Å². The number of nitrogens with zero attached hydrogens (tertiary/aromatic N) is 1. The maximum absolute atomic E-state index is 13.0. The van der Waals surface area contributed by atoms with E-state index in [1.165, 1.54) is 32.4 Å². The van der Waals surface area contributed by atoms with Gasteiger partial charge in [-0.3, -0.25) is 0 Å². The van der Waals surface area contributed by atoms with Crippen LogP contribution in [0.3, 0.4) is 0 Å². The van der Waals surface area contributed by atoms with E-state index in [-0.39, 0.29) is 12.4 Å². The average Bonchev–Trinajstić information content (AvgIpc) is 3.15. The van der Waals surface area contributed by atoms with Crippen LogP contribution >= 0.6 is 0 Å². The average molecular weight is 357 g/mol. The summed E-state index contributed by atoms with van der Waals surface area (Å²) in [4.78, 5) is 12.2. The minimum Gasteiger partial charge on any atom is -0.493 e. The lowest BCUT2D eigenvalue weighted by molar-refractivity contribution is 0.0464.